The molecule has 0 unspecified atom stereocenters. The minimum atomic E-state index is -0.270. The smallest absolute Gasteiger partial charge is 0.246 e. The third-order valence-electron chi connectivity index (χ3n) is 4.61. The summed E-state index contributed by atoms with van der Waals surface area (Å²) in [5, 5.41) is 8.14. The number of anilines is 2. The molecule has 0 spiro atoms. The van der Waals surface area contributed by atoms with Crippen LogP contribution in [0.4, 0.5) is 11.4 Å². The van der Waals surface area contributed by atoms with Gasteiger partial charge in [0.25, 0.3) is 0 Å². The number of nitrogens with zero attached hydrogens (tertiary/aromatic N) is 3. The molecule has 1 N–H and O–H groups in total. The molecule has 0 fully saturated rings. The lowest BCUT2D eigenvalue weighted by molar-refractivity contribution is -0.117. The van der Waals surface area contributed by atoms with Crippen LogP contribution in [-0.2, 0) is 18.3 Å². The molecule has 0 saturated carbocycles. The largest absolute Gasteiger partial charge is 0.359 e. The van der Waals surface area contributed by atoms with Crippen LogP contribution in [0.2, 0.25) is 5.02 Å². The summed E-state index contributed by atoms with van der Waals surface area (Å²) < 4.78 is 1.78. The van der Waals surface area contributed by atoms with E-state index in [4.69, 9.17) is 11.6 Å². The van der Waals surface area contributed by atoms with Gasteiger partial charge in [0, 0.05) is 24.3 Å². The Hall–Kier alpha value is -2.01. The highest BCUT2D eigenvalue weighted by Crippen LogP contribution is 2.34. The number of halogens is 1. The number of amides is 1. The Kier molecular flexibility index (Phi) is 4.06. The molecule has 0 saturated heterocycles. The monoisotopic (exact) mass is 332 g/mol. The van der Waals surface area contributed by atoms with Gasteiger partial charge in [-0.05, 0) is 44.9 Å². The first-order valence-corrected chi connectivity index (χ1v) is 8.13. The molecular weight excluding hydrogens is 312 g/mol. The fraction of sp³-hybridized carbons (Fsp3) is 0.412. The standard InChI is InChI=1S/C17H21ClN4O/c1-10-16(11(2)21(4)20-10)19-17(23)12(3)22-9-8-13-14(18)6-5-7-15(13)22/h5-7,12H,8-9H2,1-4H3,(H,19,23)/t12-/m0/s1. The van der Waals surface area contributed by atoms with Crippen molar-refractivity contribution in [3.05, 3.63) is 40.2 Å². The first-order valence-electron chi connectivity index (χ1n) is 7.75. The molecule has 1 amide bonds. The fourth-order valence-electron chi connectivity index (χ4n) is 3.14. The molecule has 1 aliphatic rings. The van der Waals surface area contributed by atoms with Crippen LogP contribution in [0.25, 0.3) is 0 Å². The second kappa shape index (κ2) is 5.89. The average Bonchev–Trinajstić information content (AvgIpc) is 3.04. The molecule has 122 valence electrons. The Bertz CT molecular complexity index is 768. The Balaban J connectivity index is 1.81. The maximum atomic E-state index is 12.7. The van der Waals surface area contributed by atoms with E-state index in [1.165, 1.54) is 0 Å². The highest BCUT2D eigenvalue weighted by atomic mass is 35.5. The molecule has 2 aromatic rings. The summed E-state index contributed by atoms with van der Waals surface area (Å²) in [6.07, 6.45) is 0.873. The molecule has 3 rings (SSSR count). The molecular formula is C17H21ClN4O. The van der Waals surface area contributed by atoms with Crippen LogP contribution in [0.3, 0.4) is 0 Å². The summed E-state index contributed by atoms with van der Waals surface area (Å²) in [5.41, 5.74) is 4.76. The Morgan fingerprint density at radius 3 is 2.78 bits per heavy atom. The van der Waals surface area contributed by atoms with E-state index in [2.05, 4.69) is 15.3 Å². The van der Waals surface area contributed by atoms with Crippen LogP contribution in [-0.4, -0.2) is 28.3 Å². The molecule has 1 aliphatic heterocycles. The number of carbonyl (C=O) groups excluding carboxylic acids is 1. The molecule has 2 heterocycles. The van der Waals surface area contributed by atoms with Crippen LogP contribution in [0.1, 0.15) is 23.9 Å². The van der Waals surface area contributed by atoms with Crippen LogP contribution in [0.5, 0.6) is 0 Å². The van der Waals surface area contributed by atoms with Crippen molar-refractivity contribution in [1.29, 1.82) is 0 Å². The minimum Gasteiger partial charge on any atom is -0.359 e. The number of hydrogen-bond donors (Lipinski definition) is 1. The summed E-state index contributed by atoms with van der Waals surface area (Å²) in [4.78, 5) is 14.8. The van der Waals surface area contributed by atoms with Crippen molar-refractivity contribution in [3.63, 3.8) is 0 Å². The van der Waals surface area contributed by atoms with Gasteiger partial charge in [0.1, 0.15) is 6.04 Å². The highest BCUT2D eigenvalue weighted by Gasteiger charge is 2.29. The lowest BCUT2D eigenvalue weighted by Crippen LogP contribution is -2.41. The van der Waals surface area contributed by atoms with Crippen molar-refractivity contribution in [2.24, 2.45) is 7.05 Å². The summed E-state index contributed by atoms with van der Waals surface area (Å²) >= 11 is 6.26. The number of aryl methyl sites for hydroxylation is 2. The van der Waals surface area contributed by atoms with Crippen LogP contribution >= 0.6 is 11.6 Å². The molecule has 0 aliphatic carbocycles. The predicted octanol–water partition coefficient (Wildman–Crippen LogP) is 3.08. The van der Waals surface area contributed by atoms with E-state index in [0.29, 0.717) is 0 Å². The van der Waals surface area contributed by atoms with Gasteiger partial charge in [-0.2, -0.15) is 5.10 Å². The van der Waals surface area contributed by atoms with E-state index in [0.717, 1.165) is 46.3 Å². The highest BCUT2D eigenvalue weighted by molar-refractivity contribution is 6.31. The normalized spacial score (nSPS) is 14.7. The van der Waals surface area contributed by atoms with Crippen molar-refractivity contribution < 1.29 is 4.79 Å². The molecule has 1 aromatic heterocycles. The molecule has 1 aromatic carbocycles. The van der Waals surface area contributed by atoms with E-state index in [-0.39, 0.29) is 11.9 Å². The molecule has 0 radical (unpaired) electrons. The zero-order chi connectivity index (χ0) is 16.7. The Labute approximate surface area is 141 Å². The van der Waals surface area contributed by atoms with Gasteiger partial charge >= 0.3 is 0 Å². The average molecular weight is 333 g/mol. The first kappa shape index (κ1) is 15.9. The van der Waals surface area contributed by atoms with E-state index < -0.39 is 0 Å². The van der Waals surface area contributed by atoms with Crippen molar-refractivity contribution in [3.8, 4) is 0 Å². The zero-order valence-electron chi connectivity index (χ0n) is 13.9. The first-order chi connectivity index (χ1) is 10.9. The molecule has 1 atom stereocenters. The van der Waals surface area contributed by atoms with E-state index in [9.17, 15) is 4.79 Å². The topological polar surface area (TPSA) is 50.2 Å². The van der Waals surface area contributed by atoms with Crippen LogP contribution in [0.15, 0.2) is 18.2 Å². The number of aromatic nitrogens is 2. The van der Waals surface area contributed by atoms with Crippen molar-refractivity contribution in [2.75, 3.05) is 16.8 Å². The van der Waals surface area contributed by atoms with Gasteiger partial charge in [-0.3, -0.25) is 9.48 Å². The van der Waals surface area contributed by atoms with Gasteiger partial charge in [-0.15, -0.1) is 0 Å². The van der Waals surface area contributed by atoms with E-state index in [1.54, 1.807) is 4.68 Å². The minimum absolute atomic E-state index is 0.0305. The van der Waals surface area contributed by atoms with Gasteiger partial charge in [-0.25, -0.2) is 0 Å². The van der Waals surface area contributed by atoms with Crippen LogP contribution < -0.4 is 10.2 Å². The number of nitrogens with one attached hydrogen (secondary N) is 1. The zero-order valence-corrected chi connectivity index (χ0v) is 14.6. The number of carbonyl (C=O) groups is 1. The molecule has 5 nitrogen and oxygen atoms in total. The summed E-state index contributed by atoms with van der Waals surface area (Å²) in [6, 6.07) is 5.59. The number of benzene rings is 1. The summed E-state index contributed by atoms with van der Waals surface area (Å²) in [7, 11) is 1.88. The second-order valence-electron chi connectivity index (χ2n) is 6.02. The van der Waals surface area contributed by atoms with Gasteiger partial charge in [0.2, 0.25) is 5.91 Å². The van der Waals surface area contributed by atoms with Crippen molar-refractivity contribution >= 4 is 28.9 Å². The summed E-state index contributed by atoms with van der Waals surface area (Å²) in [6.45, 7) is 6.58. The fourth-order valence-corrected chi connectivity index (χ4v) is 3.41. The maximum absolute atomic E-state index is 12.7. The lowest BCUT2D eigenvalue weighted by atomic mass is 10.1. The second-order valence-corrected chi connectivity index (χ2v) is 6.42. The predicted molar refractivity (Wildman–Crippen MR) is 93.3 cm³/mol. The van der Waals surface area contributed by atoms with E-state index in [1.807, 2.05) is 46.0 Å². The number of fused-ring (bicyclic) bond motifs is 1. The SMILES string of the molecule is Cc1nn(C)c(C)c1NC(=O)[C@H](C)N1CCc2c(Cl)cccc21. The third-order valence-corrected chi connectivity index (χ3v) is 4.96. The van der Waals surface area contributed by atoms with Gasteiger partial charge < -0.3 is 10.2 Å². The Morgan fingerprint density at radius 1 is 1.39 bits per heavy atom. The van der Waals surface area contributed by atoms with Gasteiger partial charge in [-0.1, -0.05) is 17.7 Å². The molecule has 0 bridgehead atoms. The number of rotatable bonds is 3. The van der Waals surface area contributed by atoms with E-state index >= 15 is 0 Å². The van der Waals surface area contributed by atoms with Gasteiger partial charge in [0.15, 0.2) is 0 Å². The molecule has 23 heavy (non-hydrogen) atoms. The Morgan fingerprint density at radius 2 is 2.13 bits per heavy atom. The molecule has 6 heteroatoms. The van der Waals surface area contributed by atoms with Crippen molar-refractivity contribution in [1.82, 2.24) is 9.78 Å². The quantitative estimate of drug-likeness (QED) is 0.939. The summed E-state index contributed by atoms with van der Waals surface area (Å²) in [5.74, 6) is -0.0305. The van der Waals surface area contributed by atoms with Crippen molar-refractivity contribution in [2.45, 2.75) is 33.2 Å². The third kappa shape index (κ3) is 2.70. The lowest BCUT2D eigenvalue weighted by Gasteiger charge is -2.26. The maximum Gasteiger partial charge on any atom is 0.246 e. The van der Waals surface area contributed by atoms with Crippen LogP contribution in [0, 0.1) is 13.8 Å². The number of hydrogen-bond acceptors (Lipinski definition) is 3. The van der Waals surface area contributed by atoms with Gasteiger partial charge in [0.05, 0.1) is 17.1 Å².